The van der Waals surface area contributed by atoms with E-state index in [0.29, 0.717) is 36.5 Å². The van der Waals surface area contributed by atoms with Crippen LogP contribution in [-0.4, -0.2) is 69.4 Å². The number of amides is 1. The zero-order valence-corrected chi connectivity index (χ0v) is 20.0. The highest BCUT2D eigenvalue weighted by molar-refractivity contribution is 7.92. The van der Waals surface area contributed by atoms with Crippen molar-refractivity contribution < 1.29 is 17.9 Å². The predicted octanol–water partition coefficient (Wildman–Crippen LogP) is 3.40. The lowest BCUT2D eigenvalue weighted by molar-refractivity contribution is -0.116. The second-order valence-corrected chi connectivity index (χ2v) is 11.0. The number of aryl methyl sites for hydroxylation is 1. The molecule has 0 spiro atoms. The quantitative estimate of drug-likeness (QED) is 0.502. The lowest BCUT2D eigenvalue weighted by Gasteiger charge is -2.29. The molecule has 0 aliphatic carbocycles. The Balaban J connectivity index is 1.63. The first kappa shape index (κ1) is 23.1. The van der Waals surface area contributed by atoms with Crippen LogP contribution < -0.4 is 4.90 Å². The third-order valence-electron chi connectivity index (χ3n) is 5.38. The first-order chi connectivity index (χ1) is 15.3. The molecule has 0 radical (unpaired) electrons. The van der Waals surface area contributed by atoms with Crippen LogP contribution in [0.1, 0.15) is 5.56 Å². The van der Waals surface area contributed by atoms with Gasteiger partial charge in [0, 0.05) is 26.2 Å². The van der Waals surface area contributed by atoms with E-state index in [2.05, 4.69) is 9.88 Å². The zero-order chi connectivity index (χ0) is 22.7. The van der Waals surface area contributed by atoms with Crippen LogP contribution in [0.5, 0.6) is 0 Å². The number of ether oxygens (including phenoxy) is 1. The monoisotopic (exact) mass is 493 g/mol. The standard InChI is InChI=1S/C22H24ClN3O4S2/c1-16-7-8-18(23)21-20(16)24-22(31-21)26(10-9-25-11-13-30-14-12-25)19(27)15-32(28,29)17-5-3-2-4-6-17/h2-8H,9-15H2,1H3. The highest BCUT2D eigenvalue weighted by atomic mass is 35.5. The number of morpholine rings is 1. The Bertz CT molecular complexity index is 1170. The molecule has 7 nitrogen and oxygen atoms in total. The number of rotatable bonds is 7. The number of fused-ring (bicyclic) bond motifs is 1. The molecule has 1 amide bonds. The van der Waals surface area contributed by atoms with Crippen molar-refractivity contribution in [1.82, 2.24) is 9.88 Å². The number of carbonyl (C=O) groups excluding carboxylic acids is 1. The van der Waals surface area contributed by atoms with Crippen molar-refractivity contribution in [2.24, 2.45) is 0 Å². The molecule has 1 aromatic heterocycles. The van der Waals surface area contributed by atoms with Gasteiger partial charge in [0.05, 0.1) is 33.3 Å². The first-order valence-electron chi connectivity index (χ1n) is 10.3. The molecule has 0 N–H and O–H groups in total. The lowest BCUT2D eigenvalue weighted by Crippen LogP contribution is -2.44. The number of benzene rings is 2. The number of sulfone groups is 1. The molecule has 1 saturated heterocycles. The number of carbonyl (C=O) groups is 1. The number of nitrogens with zero attached hydrogens (tertiary/aromatic N) is 3. The second-order valence-electron chi connectivity index (χ2n) is 7.61. The van der Waals surface area contributed by atoms with Crippen LogP contribution in [0.25, 0.3) is 10.2 Å². The molecule has 32 heavy (non-hydrogen) atoms. The molecule has 2 heterocycles. The molecule has 4 rings (SSSR count). The number of hydrogen-bond acceptors (Lipinski definition) is 7. The summed E-state index contributed by atoms with van der Waals surface area (Å²) in [5.41, 5.74) is 1.68. The summed E-state index contributed by atoms with van der Waals surface area (Å²) in [6, 6.07) is 11.7. The molecule has 1 aliphatic rings. The van der Waals surface area contributed by atoms with Crippen LogP contribution in [0, 0.1) is 6.92 Å². The highest BCUT2D eigenvalue weighted by Gasteiger charge is 2.27. The minimum Gasteiger partial charge on any atom is -0.379 e. The Labute approximate surface area is 196 Å². The van der Waals surface area contributed by atoms with Crippen LogP contribution in [0.4, 0.5) is 5.13 Å². The number of aromatic nitrogens is 1. The summed E-state index contributed by atoms with van der Waals surface area (Å²) in [6.07, 6.45) is 0. The normalized spacial score (nSPS) is 15.2. The van der Waals surface area contributed by atoms with Crippen molar-refractivity contribution in [1.29, 1.82) is 0 Å². The zero-order valence-electron chi connectivity index (χ0n) is 17.7. The van der Waals surface area contributed by atoms with Crippen molar-refractivity contribution in [3.8, 4) is 0 Å². The first-order valence-corrected chi connectivity index (χ1v) is 13.1. The van der Waals surface area contributed by atoms with Crippen LogP contribution in [0.2, 0.25) is 5.02 Å². The maximum Gasteiger partial charge on any atom is 0.244 e. The smallest absolute Gasteiger partial charge is 0.244 e. The molecule has 0 bridgehead atoms. The average Bonchev–Trinajstić information content (AvgIpc) is 3.24. The third-order valence-corrected chi connectivity index (χ3v) is 8.53. The summed E-state index contributed by atoms with van der Waals surface area (Å²) in [5, 5.41) is 1.02. The van der Waals surface area contributed by atoms with Gasteiger partial charge in [0.1, 0.15) is 5.75 Å². The summed E-state index contributed by atoms with van der Waals surface area (Å²) in [7, 11) is -3.78. The van der Waals surface area contributed by atoms with Gasteiger partial charge in [-0.15, -0.1) is 0 Å². The molecular weight excluding hydrogens is 470 g/mol. The minimum atomic E-state index is -3.78. The Morgan fingerprint density at radius 3 is 2.59 bits per heavy atom. The van der Waals surface area contributed by atoms with Crippen molar-refractivity contribution in [3.63, 3.8) is 0 Å². The van der Waals surface area contributed by atoms with Gasteiger partial charge in [-0.1, -0.05) is 47.2 Å². The van der Waals surface area contributed by atoms with Gasteiger partial charge in [-0.3, -0.25) is 14.6 Å². The fourth-order valence-electron chi connectivity index (χ4n) is 3.55. The van der Waals surface area contributed by atoms with Crippen molar-refractivity contribution in [2.75, 3.05) is 50.0 Å². The molecule has 1 aliphatic heterocycles. The van der Waals surface area contributed by atoms with Gasteiger partial charge in [-0.25, -0.2) is 13.4 Å². The molecule has 0 unspecified atom stereocenters. The molecule has 170 valence electrons. The Kier molecular flexibility index (Phi) is 7.11. The van der Waals surface area contributed by atoms with Gasteiger partial charge < -0.3 is 4.74 Å². The number of thiazole rings is 1. The molecule has 2 aromatic carbocycles. The largest absolute Gasteiger partial charge is 0.379 e. The summed E-state index contributed by atoms with van der Waals surface area (Å²) < 4.78 is 31.9. The Morgan fingerprint density at radius 2 is 1.91 bits per heavy atom. The van der Waals surface area contributed by atoms with Crippen molar-refractivity contribution in [2.45, 2.75) is 11.8 Å². The summed E-state index contributed by atoms with van der Waals surface area (Å²) in [5.74, 6) is -1.13. The molecule has 10 heteroatoms. The fourth-order valence-corrected chi connectivity index (χ4v) is 6.13. The molecule has 0 saturated carbocycles. The van der Waals surface area contributed by atoms with Gasteiger partial charge in [0.2, 0.25) is 5.91 Å². The van der Waals surface area contributed by atoms with E-state index in [1.54, 1.807) is 24.3 Å². The van der Waals surface area contributed by atoms with Crippen LogP contribution >= 0.6 is 22.9 Å². The number of halogens is 1. The second kappa shape index (κ2) is 9.84. The van der Waals surface area contributed by atoms with E-state index >= 15 is 0 Å². The van der Waals surface area contributed by atoms with Crippen molar-refractivity contribution >= 4 is 54.0 Å². The fraction of sp³-hybridized carbons (Fsp3) is 0.364. The SMILES string of the molecule is Cc1ccc(Cl)c2sc(N(CCN3CCOCC3)C(=O)CS(=O)(=O)c3ccccc3)nc12. The topological polar surface area (TPSA) is 79.8 Å². The summed E-state index contributed by atoms with van der Waals surface area (Å²) in [6.45, 7) is 5.70. The molecule has 1 fully saturated rings. The third kappa shape index (κ3) is 5.13. The van der Waals surface area contributed by atoms with Gasteiger partial charge in [0.25, 0.3) is 0 Å². The maximum absolute atomic E-state index is 13.3. The molecule has 3 aromatic rings. The summed E-state index contributed by atoms with van der Waals surface area (Å²) in [4.78, 5) is 21.8. The minimum absolute atomic E-state index is 0.129. The van der Waals surface area contributed by atoms with Crippen LogP contribution in [-0.2, 0) is 19.4 Å². The van der Waals surface area contributed by atoms with E-state index < -0.39 is 21.5 Å². The molecule has 0 atom stereocenters. The van der Waals surface area contributed by atoms with E-state index in [-0.39, 0.29) is 4.90 Å². The summed E-state index contributed by atoms with van der Waals surface area (Å²) >= 11 is 7.67. The van der Waals surface area contributed by atoms with Gasteiger partial charge in [0.15, 0.2) is 15.0 Å². The number of hydrogen-bond donors (Lipinski definition) is 0. The van der Waals surface area contributed by atoms with Crippen LogP contribution in [0.15, 0.2) is 47.4 Å². The molecular formula is C22H24ClN3O4S2. The predicted molar refractivity (Wildman–Crippen MR) is 127 cm³/mol. The number of anilines is 1. The average molecular weight is 494 g/mol. The van der Waals surface area contributed by atoms with E-state index in [4.69, 9.17) is 16.3 Å². The van der Waals surface area contributed by atoms with E-state index in [9.17, 15) is 13.2 Å². The highest BCUT2D eigenvalue weighted by Crippen LogP contribution is 2.35. The van der Waals surface area contributed by atoms with Crippen LogP contribution in [0.3, 0.4) is 0 Å². The van der Waals surface area contributed by atoms with E-state index in [1.165, 1.54) is 28.4 Å². The van der Waals surface area contributed by atoms with E-state index in [0.717, 1.165) is 28.9 Å². The van der Waals surface area contributed by atoms with Gasteiger partial charge in [-0.05, 0) is 30.7 Å². The van der Waals surface area contributed by atoms with Crippen molar-refractivity contribution in [3.05, 3.63) is 53.1 Å². The Hall–Kier alpha value is -2.04. The van der Waals surface area contributed by atoms with Gasteiger partial charge >= 0.3 is 0 Å². The Morgan fingerprint density at radius 1 is 1.19 bits per heavy atom. The lowest BCUT2D eigenvalue weighted by atomic mass is 10.2. The van der Waals surface area contributed by atoms with E-state index in [1.807, 2.05) is 13.0 Å². The maximum atomic E-state index is 13.3. The van der Waals surface area contributed by atoms with Gasteiger partial charge in [-0.2, -0.15) is 0 Å².